The van der Waals surface area contributed by atoms with Crippen molar-refractivity contribution in [2.45, 2.75) is 25.8 Å². The quantitative estimate of drug-likeness (QED) is 0.919. The fourth-order valence-corrected chi connectivity index (χ4v) is 2.41. The highest BCUT2D eigenvalue weighted by Gasteiger charge is 2.16. The van der Waals surface area contributed by atoms with Crippen LogP contribution in [0.2, 0.25) is 0 Å². The van der Waals surface area contributed by atoms with E-state index in [1.807, 2.05) is 25.1 Å². The van der Waals surface area contributed by atoms with Crippen molar-refractivity contribution in [3.8, 4) is 5.69 Å². The Bertz CT molecular complexity index is 530. The molecule has 1 aliphatic heterocycles. The topological polar surface area (TPSA) is 39.1 Å². The number of aryl methyl sites for hydroxylation is 1. The minimum absolute atomic E-state index is 0.456. The first-order chi connectivity index (χ1) is 9.33. The van der Waals surface area contributed by atoms with Gasteiger partial charge in [-0.1, -0.05) is 18.2 Å². The van der Waals surface area contributed by atoms with E-state index in [1.165, 1.54) is 0 Å². The summed E-state index contributed by atoms with van der Waals surface area (Å²) in [5, 5.41) is 3.54. The van der Waals surface area contributed by atoms with E-state index in [0.29, 0.717) is 6.04 Å². The number of benzene rings is 1. The molecule has 2 heterocycles. The Hall–Kier alpha value is -1.81. The summed E-state index contributed by atoms with van der Waals surface area (Å²) in [6, 6.07) is 10.8. The zero-order chi connectivity index (χ0) is 13.1. The fourth-order valence-electron chi connectivity index (χ4n) is 2.41. The summed E-state index contributed by atoms with van der Waals surface area (Å²) in [4.78, 5) is 4.59. The molecule has 4 heteroatoms. The van der Waals surface area contributed by atoms with Crippen LogP contribution in [0.25, 0.3) is 5.69 Å². The van der Waals surface area contributed by atoms with Gasteiger partial charge in [0.25, 0.3) is 0 Å². The average Bonchev–Trinajstić information content (AvgIpc) is 2.82. The molecule has 0 amide bonds. The monoisotopic (exact) mass is 257 g/mol. The van der Waals surface area contributed by atoms with Crippen LogP contribution in [-0.4, -0.2) is 28.8 Å². The second-order valence-corrected chi connectivity index (χ2v) is 4.94. The molecule has 0 bridgehead atoms. The molecular formula is C15H19N3O. The lowest BCUT2D eigenvalue weighted by Gasteiger charge is -2.24. The van der Waals surface area contributed by atoms with Gasteiger partial charge >= 0.3 is 0 Å². The Labute approximate surface area is 113 Å². The summed E-state index contributed by atoms with van der Waals surface area (Å²) >= 11 is 0. The standard InChI is InChI=1S/C15H19N3O/c1-12-11-18(14-5-3-2-4-6-14)15(16-12)17-13-7-9-19-10-8-13/h2-6,11,13H,7-10H2,1H3,(H,16,17). The number of hydrogen-bond acceptors (Lipinski definition) is 3. The van der Waals surface area contributed by atoms with Crippen molar-refractivity contribution in [3.63, 3.8) is 0 Å². The Morgan fingerprint density at radius 3 is 2.68 bits per heavy atom. The first-order valence-corrected chi connectivity index (χ1v) is 6.78. The summed E-state index contributed by atoms with van der Waals surface area (Å²) in [7, 11) is 0. The van der Waals surface area contributed by atoms with Crippen LogP contribution in [0.1, 0.15) is 18.5 Å². The van der Waals surface area contributed by atoms with E-state index in [4.69, 9.17) is 4.74 Å². The largest absolute Gasteiger partial charge is 0.381 e. The van der Waals surface area contributed by atoms with Crippen LogP contribution in [0.4, 0.5) is 5.95 Å². The van der Waals surface area contributed by atoms with Gasteiger partial charge in [-0.05, 0) is 31.9 Å². The number of rotatable bonds is 3. The number of nitrogens with zero attached hydrogens (tertiary/aromatic N) is 2. The fraction of sp³-hybridized carbons (Fsp3) is 0.400. The van der Waals surface area contributed by atoms with Crippen LogP contribution in [0.5, 0.6) is 0 Å². The molecule has 1 aromatic heterocycles. The summed E-state index contributed by atoms with van der Waals surface area (Å²) in [5.74, 6) is 0.926. The summed E-state index contributed by atoms with van der Waals surface area (Å²) in [6.07, 6.45) is 4.15. The minimum Gasteiger partial charge on any atom is -0.381 e. The first kappa shape index (κ1) is 12.2. The third-order valence-corrected chi connectivity index (χ3v) is 3.42. The van der Waals surface area contributed by atoms with E-state index in [1.54, 1.807) is 0 Å². The van der Waals surface area contributed by atoms with E-state index in [-0.39, 0.29) is 0 Å². The van der Waals surface area contributed by atoms with Crippen LogP contribution in [0, 0.1) is 6.92 Å². The smallest absolute Gasteiger partial charge is 0.207 e. The predicted octanol–water partition coefficient (Wildman–Crippen LogP) is 2.77. The zero-order valence-corrected chi connectivity index (χ0v) is 11.2. The van der Waals surface area contributed by atoms with E-state index >= 15 is 0 Å². The summed E-state index contributed by atoms with van der Waals surface area (Å²) in [5.41, 5.74) is 2.16. The van der Waals surface area contributed by atoms with E-state index < -0.39 is 0 Å². The van der Waals surface area contributed by atoms with Gasteiger partial charge in [0.05, 0.1) is 5.69 Å². The molecule has 1 N–H and O–H groups in total. The van der Waals surface area contributed by atoms with E-state index in [9.17, 15) is 0 Å². The van der Waals surface area contributed by atoms with Crippen LogP contribution < -0.4 is 5.32 Å². The van der Waals surface area contributed by atoms with Crippen molar-refractivity contribution < 1.29 is 4.74 Å². The van der Waals surface area contributed by atoms with Crippen molar-refractivity contribution in [2.75, 3.05) is 18.5 Å². The molecule has 19 heavy (non-hydrogen) atoms. The van der Waals surface area contributed by atoms with Crippen molar-refractivity contribution in [1.29, 1.82) is 0 Å². The highest BCUT2D eigenvalue weighted by molar-refractivity contribution is 5.43. The zero-order valence-electron chi connectivity index (χ0n) is 11.2. The number of para-hydroxylation sites is 1. The van der Waals surface area contributed by atoms with Gasteiger partial charge in [-0.3, -0.25) is 4.57 Å². The van der Waals surface area contributed by atoms with E-state index in [2.05, 4.69) is 33.2 Å². The SMILES string of the molecule is Cc1cn(-c2ccccc2)c(NC2CCOCC2)n1. The maximum absolute atomic E-state index is 5.39. The third kappa shape index (κ3) is 2.79. The van der Waals surface area contributed by atoms with Gasteiger partial charge < -0.3 is 10.1 Å². The molecule has 4 nitrogen and oxygen atoms in total. The van der Waals surface area contributed by atoms with Gasteiger partial charge in [0, 0.05) is 31.1 Å². The molecule has 0 aliphatic carbocycles. The van der Waals surface area contributed by atoms with Gasteiger partial charge in [0.15, 0.2) is 0 Å². The number of aromatic nitrogens is 2. The van der Waals surface area contributed by atoms with Gasteiger partial charge in [-0.2, -0.15) is 0 Å². The number of ether oxygens (including phenoxy) is 1. The lowest BCUT2D eigenvalue weighted by Crippen LogP contribution is -2.29. The second-order valence-electron chi connectivity index (χ2n) is 4.94. The van der Waals surface area contributed by atoms with Crippen molar-refractivity contribution in [2.24, 2.45) is 0 Å². The number of anilines is 1. The van der Waals surface area contributed by atoms with Crippen molar-refractivity contribution in [3.05, 3.63) is 42.2 Å². The Kier molecular flexibility index (Phi) is 3.51. The highest BCUT2D eigenvalue weighted by Crippen LogP contribution is 2.19. The average molecular weight is 257 g/mol. The van der Waals surface area contributed by atoms with Gasteiger partial charge in [0.2, 0.25) is 5.95 Å². The van der Waals surface area contributed by atoms with Gasteiger partial charge in [-0.25, -0.2) is 4.98 Å². The van der Waals surface area contributed by atoms with Crippen molar-refractivity contribution in [1.82, 2.24) is 9.55 Å². The summed E-state index contributed by atoms with van der Waals surface area (Å²) < 4.78 is 7.51. The molecule has 1 saturated heterocycles. The molecular weight excluding hydrogens is 238 g/mol. The van der Waals surface area contributed by atoms with Crippen LogP contribution in [0.3, 0.4) is 0 Å². The Balaban J connectivity index is 1.85. The van der Waals surface area contributed by atoms with Gasteiger partial charge in [0.1, 0.15) is 0 Å². The molecule has 0 unspecified atom stereocenters. The summed E-state index contributed by atoms with van der Waals surface area (Å²) in [6.45, 7) is 3.69. The molecule has 100 valence electrons. The minimum atomic E-state index is 0.456. The predicted molar refractivity (Wildman–Crippen MR) is 75.8 cm³/mol. The van der Waals surface area contributed by atoms with Crippen LogP contribution in [-0.2, 0) is 4.74 Å². The molecule has 0 saturated carbocycles. The molecule has 0 spiro atoms. The number of imidazole rings is 1. The number of nitrogens with one attached hydrogen (secondary N) is 1. The highest BCUT2D eigenvalue weighted by atomic mass is 16.5. The molecule has 2 aromatic rings. The normalized spacial score (nSPS) is 16.5. The lowest BCUT2D eigenvalue weighted by atomic mass is 10.1. The lowest BCUT2D eigenvalue weighted by molar-refractivity contribution is 0.0903. The number of hydrogen-bond donors (Lipinski definition) is 1. The van der Waals surface area contributed by atoms with E-state index in [0.717, 1.165) is 43.4 Å². The molecule has 3 rings (SSSR count). The molecule has 1 aliphatic rings. The van der Waals surface area contributed by atoms with Crippen LogP contribution in [0.15, 0.2) is 36.5 Å². The molecule has 1 fully saturated rings. The Morgan fingerprint density at radius 1 is 1.21 bits per heavy atom. The van der Waals surface area contributed by atoms with Crippen molar-refractivity contribution >= 4 is 5.95 Å². The maximum Gasteiger partial charge on any atom is 0.207 e. The first-order valence-electron chi connectivity index (χ1n) is 6.78. The second kappa shape index (κ2) is 5.45. The van der Waals surface area contributed by atoms with Gasteiger partial charge in [-0.15, -0.1) is 0 Å². The third-order valence-electron chi connectivity index (χ3n) is 3.42. The molecule has 0 atom stereocenters. The van der Waals surface area contributed by atoms with Crippen LogP contribution >= 0.6 is 0 Å². The molecule has 1 aromatic carbocycles. The molecule has 0 radical (unpaired) electrons. The Morgan fingerprint density at radius 2 is 1.95 bits per heavy atom. The maximum atomic E-state index is 5.39.